The fourth-order valence-corrected chi connectivity index (χ4v) is 4.00. The van der Waals surface area contributed by atoms with E-state index >= 15 is 0 Å². The lowest BCUT2D eigenvalue weighted by molar-refractivity contribution is -0.384. The third-order valence-electron chi connectivity index (χ3n) is 4.65. The fraction of sp³-hybridized carbons (Fsp3) is 0.333. The molecule has 0 atom stereocenters. The maximum atomic E-state index is 12.2. The van der Waals surface area contributed by atoms with E-state index in [9.17, 15) is 14.9 Å². The van der Waals surface area contributed by atoms with Crippen molar-refractivity contribution in [3.8, 4) is 11.5 Å². The maximum absolute atomic E-state index is 12.2. The number of ether oxygens (including phenoxy) is 2. The molecule has 0 aliphatic heterocycles. The molecule has 1 N–H and O–H groups in total. The van der Waals surface area contributed by atoms with Crippen molar-refractivity contribution in [2.75, 3.05) is 19.5 Å². The van der Waals surface area contributed by atoms with Crippen LogP contribution in [-0.2, 0) is 11.2 Å². The van der Waals surface area contributed by atoms with Gasteiger partial charge in [-0.15, -0.1) is 0 Å². The number of fused-ring (bicyclic) bond motifs is 1. The van der Waals surface area contributed by atoms with Gasteiger partial charge in [-0.05, 0) is 43.0 Å². The number of aryl methyl sites for hydroxylation is 1. The van der Waals surface area contributed by atoms with Crippen molar-refractivity contribution in [3.05, 3.63) is 52.1 Å². The second-order valence-corrected chi connectivity index (χ2v) is 7.76. The predicted octanol–water partition coefficient (Wildman–Crippen LogP) is 4.96. The average Bonchev–Trinajstić information content (AvgIpc) is 3.14. The Kier molecular flexibility index (Phi) is 7.18. The number of carbonyl (C=O) groups excluding carboxylic acids is 1. The van der Waals surface area contributed by atoms with Gasteiger partial charge in [0.05, 0.1) is 29.4 Å². The largest absolute Gasteiger partial charge is 0.493 e. The standard InChI is InChI=1S/C21H23N3O5S/c1-28-17-11-8-14(12-18(17)29-2)6-4-3-5-7-20(25)23-21-22-16-10-9-15(24(26)27)13-19(16)30-21/h8-13H,3-7H2,1-2H3,(H,22,23,25). The number of benzene rings is 2. The van der Waals surface area contributed by atoms with Crippen molar-refractivity contribution in [1.82, 2.24) is 4.98 Å². The fourth-order valence-electron chi connectivity index (χ4n) is 3.09. The maximum Gasteiger partial charge on any atom is 0.270 e. The van der Waals surface area contributed by atoms with Crippen molar-refractivity contribution < 1.29 is 19.2 Å². The highest BCUT2D eigenvalue weighted by molar-refractivity contribution is 7.22. The lowest BCUT2D eigenvalue weighted by Gasteiger charge is -2.09. The first-order chi connectivity index (χ1) is 14.5. The van der Waals surface area contributed by atoms with Gasteiger partial charge < -0.3 is 14.8 Å². The topological polar surface area (TPSA) is 104 Å². The molecule has 0 radical (unpaired) electrons. The zero-order chi connectivity index (χ0) is 21.5. The highest BCUT2D eigenvalue weighted by Gasteiger charge is 2.12. The predicted molar refractivity (Wildman–Crippen MR) is 117 cm³/mol. The molecule has 1 amide bonds. The second kappa shape index (κ2) is 10.0. The SMILES string of the molecule is COc1ccc(CCCCCC(=O)Nc2nc3ccc([N+](=O)[O-])cc3s2)cc1OC. The molecule has 3 aromatic rings. The molecule has 0 saturated carbocycles. The van der Waals surface area contributed by atoms with Gasteiger partial charge in [-0.3, -0.25) is 14.9 Å². The molecule has 0 unspecified atom stereocenters. The Bertz CT molecular complexity index is 1050. The summed E-state index contributed by atoms with van der Waals surface area (Å²) in [7, 11) is 3.23. The van der Waals surface area contributed by atoms with Crippen LogP contribution >= 0.6 is 11.3 Å². The highest BCUT2D eigenvalue weighted by atomic mass is 32.1. The molecule has 2 aromatic carbocycles. The van der Waals surface area contributed by atoms with Gasteiger partial charge in [0.15, 0.2) is 16.6 Å². The minimum Gasteiger partial charge on any atom is -0.493 e. The van der Waals surface area contributed by atoms with E-state index in [2.05, 4.69) is 10.3 Å². The van der Waals surface area contributed by atoms with Crippen molar-refractivity contribution >= 4 is 38.3 Å². The van der Waals surface area contributed by atoms with Gasteiger partial charge in [0, 0.05) is 18.6 Å². The van der Waals surface area contributed by atoms with E-state index < -0.39 is 4.92 Å². The number of anilines is 1. The van der Waals surface area contributed by atoms with Crippen LogP contribution in [0.4, 0.5) is 10.8 Å². The number of hydrogen-bond donors (Lipinski definition) is 1. The number of nitro benzene ring substituents is 1. The molecule has 0 spiro atoms. The number of unbranched alkanes of at least 4 members (excludes halogenated alkanes) is 2. The zero-order valence-electron chi connectivity index (χ0n) is 16.8. The number of hydrogen-bond acceptors (Lipinski definition) is 7. The van der Waals surface area contributed by atoms with Crippen molar-refractivity contribution in [1.29, 1.82) is 0 Å². The van der Waals surface area contributed by atoms with E-state index in [1.54, 1.807) is 20.3 Å². The molecule has 0 saturated heterocycles. The van der Waals surface area contributed by atoms with Gasteiger partial charge in [-0.2, -0.15) is 0 Å². The van der Waals surface area contributed by atoms with Gasteiger partial charge in [-0.1, -0.05) is 23.8 Å². The summed E-state index contributed by atoms with van der Waals surface area (Å²) in [5.41, 5.74) is 1.81. The zero-order valence-corrected chi connectivity index (χ0v) is 17.7. The Morgan fingerprint density at radius 3 is 2.63 bits per heavy atom. The first-order valence-corrected chi connectivity index (χ1v) is 10.4. The van der Waals surface area contributed by atoms with E-state index in [1.807, 2.05) is 18.2 Å². The second-order valence-electron chi connectivity index (χ2n) is 6.73. The van der Waals surface area contributed by atoms with Gasteiger partial charge in [0.1, 0.15) is 0 Å². The molecule has 1 heterocycles. The summed E-state index contributed by atoms with van der Waals surface area (Å²) in [4.78, 5) is 26.9. The van der Waals surface area contributed by atoms with E-state index in [1.165, 1.54) is 29.0 Å². The van der Waals surface area contributed by atoms with Crippen LogP contribution < -0.4 is 14.8 Å². The number of methoxy groups -OCH3 is 2. The number of thiazole rings is 1. The third-order valence-corrected chi connectivity index (χ3v) is 5.58. The summed E-state index contributed by atoms with van der Waals surface area (Å²) < 4.78 is 11.2. The quantitative estimate of drug-likeness (QED) is 0.277. The first-order valence-electron chi connectivity index (χ1n) is 9.56. The molecule has 30 heavy (non-hydrogen) atoms. The minimum atomic E-state index is -0.445. The molecule has 0 aliphatic rings. The Balaban J connectivity index is 1.43. The first kappa shape index (κ1) is 21.5. The molecule has 0 bridgehead atoms. The number of nitrogens with zero attached hydrogens (tertiary/aromatic N) is 2. The van der Waals surface area contributed by atoms with Crippen LogP contribution in [0.5, 0.6) is 11.5 Å². The summed E-state index contributed by atoms with van der Waals surface area (Å²) in [6, 6.07) is 10.4. The van der Waals surface area contributed by atoms with Gasteiger partial charge in [0.2, 0.25) is 5.91 Å². The molecular formula is C21H23N3O5S. The monoisotopic (exact) mass is 429 g/mol. The highest BCUT2D eigenvalue weighted by Crippen LogP contribution is 2.30. The third kappa shape index (κ3) is 5.44. The smallest absolute Gasteiger partial charge is 0.270 e. The van der Waals surface area contributed by atoms with Crippen LogP contribution in [0.25, 0.3) is 10.2 Å². The van der Waals surface area contributed by atoms with Crippen LogP contribution in [0.1, 0.15) is 31.2 Å². The van der Waals surface area contributed by atoms with Crippen LogP contribution in [0.3, 0.4) is 0 Å². The van der Waals surface area contributed by atoms with E-state index in [0.29, 0.717) is 27.5 Å². The van der Waals surface area contributed by atoms with Crippen LogP contribution in [0.15, 0.2) is 36.4 Å². The average molecular weight is 429 g/mol. The molecule has 3 rings (SSSR count). The Labute approximate surface area is 178 Å². The van der Waals surface area contributed by atoms with Gasteiger partial charge >= 0.3 is 0 Å². The van der Waals surface area contributed by atoms with E-state index in [0.717, 1.165) is 31.4 Å². The van der Waals surface area contributed by atoms with E-state index in [4.69, 9.17) is 9.47 Å². The summed E-state index contributed by atoms with van der Waals surface area (Å²) in [6.07, 6.45) is 3.97. The summed E-state index contributed by atoms with van der Waals surface area (Å²) in [5, 5.41) is 14.1. The number of amides is 1. The number of nitro groups is 1. The number of carbonyl (C=O) groups is 1. The minimum absolute atomic E-state index is 0.0125. The number of non-ortho nitro benzene ring substituents is 1. The van der Waals surface area contributed by atoms with Crippen LogP contribution in [0.2, 0.25) is 0 Å². The molecule has 8 nitrogen and oxygen atoms in total. The van der Waals surface area contributed by atoms with Crippen molar-refractivity contribution in [2.24, 2.45) is 0 Å². The summed E-state index contributed by atoms with van der Waals surface area (Å²) in [5.74, 6) is 1.33. The molecule has 9 heteroatoms. The molecular weight excluding hydrogens is 406 g/mol. The normalized spacial score (nSPS) is 10.7. The molecule has 1 aromatic heterocycles. The number of aromatic nitrogens is 1. The number of nitrogens with one attached hydrogen (secondary N) is 1. The molecule has 0 aliphatic carbocycles. The van der Waals surface area contributed by atoms with Gasteiger partial charge in [-0.25, -0.2) is 4.98 Å². The van der Waals surface area contributed by atoms with Crippen LogP contribution in [0, 0.1) is 10.1 Å². The van der Waals surface area contributed by atoms with Gasteiger partial charge in [0.25, 0.3) is 5.69 Å². The lowest BCUT2D eigenvalue weighted by atomic mass is 10.1. The Morgan fingerprint density at radius 2 is 1.90 bits per heavy atom. The van der Waals surface area contributed by atoms with Crippen LogP contribution in [-0.4, -0.2) is 30.0 Å². The van der Waals surface area contributed by atoms with Crippen molar-refractivity contribution in [3.63, 3.8) is 0 Å². The van der Waals surface area contributed by atoms with E-state index in [-0.39, 0.29) is 11.6 Å². The van der Waals surface area contributed by atoms with Crippen molar-refractivity contribution in [2.45, 2.75) is 32.1 Å². The molecule has 158 valence electrons. The summed E-state index contributed by atoms with van der Waals surface area (Å²) in [6.45, 7) is 0. The lowest BCUT2D eigenvalue weighted by Crippen LogP contribution is -2.10. The number of rotatable bonds is 10. The Hall–Kier alpha value is -3.20. The molecule has 0 fully saturated rings. The Morgan fingerprint density at radius 1 is 1.10 bits per heavy atom. The summed E-state index contributed by atoms with van der Waals surface area (Å²) >= 11 is 1.24.